The Balaban J connectivity index is 2.12. The minimum atomic E-state index is -4.58. The summed E-state index contributed by atoms with van der Waals surface area (Å²) in [5.74, 6) is 0.150. The number of rotatable bonds is 5. The Kier molecular flexibility index (Phi) is 5.51. The van der Waals surface area contributed by atoms with Crippen LogP contribution in [0.1, 0.15) is 11.1 Å². The first-order valence-electron chi connectivity index (χ1n) is 7.35. The maximum Gasteiger partial charge on any atom is 0.417 e. The standard InChI is InChI=1S/C17H17F3N2O3/c1-21(9-12-4-3-5-14(8-12)25-2)16(24)11-22-10-13(17(18,19)20)6-7-15(22)23/h3-8,10H,9,11H2,1-2H3. The van der Waals surface area contributed by atoms with Crippen LogP contribution in [0.25, 0.3) is 0 Å². The minimum absolute atomic E-state index is 0.240. The van der Waals surface area contributed by atoms with Gasteiger partial charge in [0.15, 0.2) is 0 Å². The summed E-state index contributed by atoms with van der Waals surface area (Å²) in [5, 5.41) is 0. The molecule has 0 N–H and O–H groups in total. The highest BCUT2D eigenvalue weighted by molar-refractivity contribution is 5.75. The Morgan fingerprint density at radius 2 is 1.96 bits per heavy atom. The van der Waals surface area contributed by atoms with E-state index in [9.17, 15) is 22.8 Å². The molecule has 0 spiro atoms. The van der Waals surface area contributed by atoms with Gasteiger partial charge in [0.05, 0.1) is 12.7 Å². The lowest BCUT2D eigenvalue weighted by Gasteiger charge is -2.19. The molecule has 0 fully saturated rings. The van der Waals surface area contributed by atoms with Crippen molar-refractivity contribution in [3.63, 3.8) is 0 Å². The summed E-state index contributed by atoms with van der Waals surface area (Å²) >= 11 is 0. The van der Waals surface area contributed by atoms with Gasteiger partial charge < -0.3 is 14.2 Å². The van der Waals surface area contributed by atoms with Crippen LogP contribution < -0.4 is 10.3 Å². The summed E-state index contributed by atoms with van der Waals surface area (Å²) in [6.07, 6.45) is -3.93. The Hall–Kier alpha value is -2.77. The third-order valence-corrected chi connectivity index (χ3v) is 3.60. The summed E-state index contributed by atoms with van der Waals surface area (Å²) < 4.78 is 44.1. The van der Waals surface area contributed by atoms with Crippen molar-refractivity contribution in [1.82, 2.24) is 9.47 Å². The van der Waals surface area contributed by atoms with E-state index in [4.69, 9.17) is 4.74 Å². The Labute approximate surface area is 142 Å². The van der Waals surface area contributed by atoms with E-state index in [1.807, 2.05) is 0 Å². The van der Waals surface area contributed by atoms with Gasteiger partial charge in [0.1, 0.15) is 12.3 Å². The number of nitrogens with zero attached hydrogens (tertiary/aromatic N) is 2. The summed E-state index contributed by atoms with van der Waals surface area (Å²) in [5.41, 5.74) is -0.849. The lowest BCUT2D eigenvalue weighted by molar-refractivity contribution is -0.138. The molecular weight excluding hydrogens is 337 g/mol. The van der Waals surface area contributed by atoms with Crippen LogP contribution in [-0.4, -0.2) is 29.5 Å². The van der Waals surface area contributed by atoms with Gasteiger partial charge in [-0.3, -0.25) is 9.59 Å². The molecule has 1 aromatic heterocycles. The van der Waals surface area contributed by atoms with E-state index in [0.29, 0.717) is 18.0 Å². The zero-order chi connectivity index (χ0) is 18.6. The Bertz CT molecular complexity index is 815. The molecule has 0 radical (unpaired) electrons. The maximum absolute atomic E-state index is 12.7. The predicted molar refractivity (Wildman–Crippen MR) is 85.2 cm³/mol. The summed E-state index contributed by atoms with van der Waals surface area (Å²) in [7, 11) is 3.04. The monoisotopic (exact) mass is 354 g/mol. The maximum atomic E-state index is 12.7. The first-order valence-corrected chi connectivity index (χ1v) is 7.35. The number of amides is 1. The van der Waals surface area contributed by atoms with Crippen LogP contribution >= 0.6 is 0 Å². The first kappa shape index (κ1) is 18.6. The second-order valence-electron chi connectivity index (χ2n) is 5.48. The van der Waals surface area contributed by atoms with Crippen LogP contribution in [0.4, 0.5) is 13.2 Å². The topological polar surface area (TPSA) is 51.5 Å². The van der Waals surface area contributed by atoms with Crippen molar-refractivity contribution >= 4 is 5.91 Å². The van der Waals surface area contributed by atoms with E-state index in [1.165, 1.54) is 19.1 Å². The third kappa shape index (κ3) is 4.85. The highest BCUT2D eigenvalue weighted by Gasteiger charge is 2.31. The molecule has 0 aliphatic heterocycles. The fraction of sp³-hybridized carbons (Fsp3) is 0.294. The van der Waals surface area contributed by atoms with Crippen LogP contribution in [0.15, 0.2) is 47.4 Å². The predicted octanol–water partition coefficient (Wildman–Crippen LogP) is 2.53. The van der Waals surface area contributed by atoms with Gasteiger partial charge in [0, 0.05) is 25.9 Å². The molecule has 5 nitrogen and oxygen atoms in total. The van der Waals surface area contributed by atoms with Gasteiger partial charge >= 0.3 is 6.18 Å². The van der Waals surface area contributed by atoms with Crippen molar-refractivity contribution in [3.8, 4) is 5.75 Å². The molecule has 0 atom stereocenters. The van der Waals surface area contributed by atoms with E-state index in [2.05, 4.69) is 0 Å². The van der Waals surface area contributed by atoms with Crippen LogP contribution in [0.5, 0.6) is 5.75 Å². The molecule has 2 aromatic rings. The number of aromatic nitrogens is 1. The Morgan fingerprint density at radius 1 is 1.24 bits per heavy atom. The largest absolute Gasteiger partial charge is 0.497 e. The zero-order valence-electron chi connectivity index (χ0n) is 13.7. The molecule has 0 bridgehead atoms. The van der Waals surface area contributed by atoms with Gasteiger partial charge in [-0.25, -0.2) is 0 Å². The molecular formula is C17H17F3N2O3. The number of ether oxygens (including phenoxy) is 1. The quantitative estimate of drug-likeness (QED) is 0.829. The second kappa shape index (κ2) is 7.42. The fourth-order valence-corrected chi connectivity index (χ4v) is 2.22. The van der Waals surface area contributed by atoms with Gasteiger partial charge in [0.2, 0.25) is 5.91 Å². The normalized spacial score (nSPS) is 11.2. The highest BCUT2D eigenvalue weighted by atomic mass is 19.4. The summed E-state index contributed by atoms with van der Waals surface area (Å²) in [4.78, 5) is 25.3. The molecule has 0 saturated carbocycles. The number of hydrogen-bond donors (Lipinski definition) is 0. The van der Waals surface area contributed by atoms with E-state index in [1.54, 1.807) is 24.3 Å². The highest BCUT2D eigenvalue weighted by Crippen LogP contribution is 2.28. The van der Waals surface area contributed by atoms with Crippen molar-refractivity contribution < 1.29 is 22.7 Å². The third-order valence-electron chi connectivity index (χ3n) is 3.60. The molecule has 2 rings (SSSR count). The number of carbonyl (C=O) groups excluding carboxylic acids is 1. The molecule has 25 heavy (non-hydrogen) atoms. The Morgan fingerprint density at radius 3 is 2.60 bits per heavy atom. The molecule has 0 unspecified atom stereocenters. The number of carbonyl (C=O) groups is 1. The van der Waals surface area contributed by atoms with Gasteiger partial charge in [-0.15, -0.1) is 0 Å². The van der Waals surface area contributed by atoms with Gasteiger partial charge in [0.25, 0.3) is 5.56 Å². The number of pyridine rings is 1. The molecule has 1 heterocycles. The molecule has 134 valence electrons. The molecule has 0 aliphatic rings. The molecule has 1 amide bonds. The van der Waals surface area contributed by atoms with Crippen molar-refractivity contribution in [2.45, 2.75) is 19.3 Å². The van der Waals surface area contributed by atoms with Crippen LogP contribution in [0.3, 0.4) is 0 Å². The first-order chi connectivity index (χ1) is 11.7. The summed E-state index contributed by atoms with van der Waals surface area (Å²) in [6, 6.07) is 8.57. The van der Waals surface area contributed by atoms with E-state index >= 15 is 0 Å². The number of alkyl halides is 3. The van der Waals surface area contributed by atoms with E-state index in [0.717, 1.165) is 16.2 Å². The zero-order valence-corrected chi connectivity index (χ0v) is 13.7. The van der Waals surface area contributed by atoms with E-state index < -0.39 is 29.8 Å². The second-order valence-corrected chi connectivity index (χ2v) is 5.48. The van der Waals surface area contributed by atoms with Crippen molar-refractivity contribution in [2.24, 2.45) is 0 Å². The number of halogens is 3. The van der Waals surface area contributed by atoms with Crippen LogP contribution in [0, 0.1) is 0 Å². The van der Waals surface area contributed by atoms with Gasteiger partial charge in [-0.05, 0) is 23.8 Å². The van der Waals surface area contributed by atoms with Gasteiger partial charge in [-0.2, -0.15) is 13.2 Å². The molecule has 0 aliphatic carbocycles. The number of benzene rings is 1. The van der Waals surface area contributed by atoms with Crippen molar-refractivity contribution in [1.29, 1.82) is 0 Å². The number of methoxy groups -OCH3 is 1. The minimum Gasteiger partial charge on any atom is -0.497 e. The number of hydrogen-bond acceptors (Lipinski definition) is 3. The number of likely N-dealkylation sites (N-methyl/N-ethyl adjacent to an activating group) is 1. The van der Waals surface area contributed by atoms with Crippen molar-refractivity contribution in [3.05, 3.63) is 64.1 Å². The lowest BCUT2D eigenvalue weighted by atomic mass is 10.2. The average molecular weight is 354 g/mol. The molecule has 0 saturated heterocycles. The molecule has 8 heteroatoms. The average Bonchev–Trinajstić information content (AvgIpc) is 2.55. The van der Waals surface area contributed by atoms with Gasteiger partial charge in [-0.1, -0.05) is 12.1 Å². The van der Waals surface area contributed by atoms with Crippen LogP contribution in [-0.2, 0) is 24.1 Å². The summed E-state index contributed by atoms with van der Waals surface area (Å²) in [6.45, 7) is -0.229. The van der Waals surface area contributed by atoms with Crippen molar-refractivity contribution in [2.75, 3.05) is 14.2 Å². The molecule has 1 aromatic carbocycles. The van der Waals surface area contributed by atoms with E-state index in [-0.39, 0.29) is 6.54 Å². The SMILES string of the molecule is COc1cccc(CN(C)C(=O)Cn2cc(C(F)(F)F)ccc2=O)c1. The van der Waals surface area contributed by atoms with Crippen LogP contribution in [0.2, 0.25) is 0 Å². The fourth-order valence-electron chi connectivity index (χ4n) is 2.22. The smallest absolute Gasteiger partial charge is 0.417 e. The lowest BCUT2D eigenvalue weighted by Crippen LogP contribution is -2.33.